The number of aromatic carboxylic acids is 1. The second-order valence-electron chi connectivity index (χ2n) is 6.43. The molecule has 0 unspecified atom stereocenters. The number of anilines is 1. The normalized spacial score (nSPS) is 39.5. The molecule has 6 heteroatoms. The Bertz CT molecular complexity index is 484. The Hall–Kier alpha value is -1.59. The zero-order chi connectivity index (χ0) is 13.0. The molecule has 19 heavy (non-hydrogen) atoms. The summed E-state index contributed by atoms with van der Waals surface area (Å²) in [6.07, 6.45) is 6.61. The topological polar surface area (TPSA) is 90.9 Å². The van der Waals surface area contributed by atoms with Crippen molar-refractivity contribution >= 4 is 11.8 Å². The maximum absolute atomic E-state index is 11.1. The van der Waals surface area contributed by atoms with Crippen molar-refractivity contribution in [2.75, 3.05) is 5.32 Å². The molecule has 0 radical (unpaired) electrons. The minimum Gasteiger partial charge on any atom is -0.476 e. The van der Waals surface area contributed by atoms with Gasteiger partial charge in [-0.3, -0.25) is 0 Å². The molecule has 0 aromatic carbocycles. The van der Waals surface area contributed by atoms with E-state index in [1.54, 1.807) is 0 Å². The molecule has 6 nitrogen and oxygen atoms in total. The van der Waals surface area contributed by atoms with Crippen LogP contribution in [0.2, 0.25) is 0 Å². The molecule has 0 spiro atoms. The fourth-order valence-corrected chi connectivity index (χ4v) is 4.80. The van der Waals surface area contributed by atoms with Gasteiger partial charge in [-0.05, 0) is 55.8 Å². The Morgan fingerprint density at radius 1 is 1.11 bits per heavy atom. The van der Waals surface area contributed by atoms with Crippen LogP contribution in [0.5, 0.6) is 0 Å². The smallest absolute Gasteiger partial charge is 0.360 e. The van der Waals surface area contributed by atoms with E-state index in [0.717, 1.165) is 11.8 Å². The lowest BCUT2D eigenvalue weighted by Crippen LogP contribution is -2.51. The minimum absolute atomic E-state index is 0.00815. The fraction of sp³-hybridized carbons (Fsp3) is 0.769. The molecule has 4 fully saturated rings. The Labute approximate surface area is 111 Å². The van der Waals surface area contributed by atoms with Crippen LogP contribution in [0.3, 0.4) is 0 Å². The zero-order valence-electron chi connectivity index (χ0n) is 10.7. The summed E-state index contributed by atoms with van der Waals surface area (Å²) in [4.78, 5) is 11.1. The standard InChI is InChI=1S/C13H18N4O2/c18-13(19)11-12(16-17-15-11)14-10-8-2-6-1-7(4-8)5-9(10)3-6/h6-10H,1-5H2,(H,18,19)(H2,14,15,16,17). The van der Waals surface area contributed by atoms with Gasteiger partial charge in [0.1, 0.15) is 0 Å². The predicted molar refractivity (Wildman–Crippen MR) is 67.8 cm³/mol. The summed E-state index contributed by atoms with van der Waals surface area (Å²) in [6, 6.07) is 0.385. The highest BCUT2D eigenvalue weighted by molar-refractivity contribution is 5.90. The second kappa shape index (κ2) is 3.95. The highest BCUT2D eigenvalue weighted by Gasteiger charge is 2.48. The van der Waals surface area contributed by atoms with E-state index in [2.05, 4.69) is 20.7 Å². The average Bonchev–Trinajstić information content (AvgIpc) is 2.81. The maximum Gasteiger partial charge on any atom is 0.360 e. The number of carboxylic acid groups (broad SMARTS) is 1. The first-order chi connectivity index (χ1) is 9.20. The van der Waals surface area contributed by atoms with Crippen molar-refractivity contribution in [1.29, 1.82) is 0 Å². The fourth-order valence-electron chi connectivity index (χ4n) is 4.80. The number of aromatic amines is 1. The van der Waals surface area contributed by atoms with Crippen LogP contribution in [0.25, 0.3) is 0 Å². The Morgan fingerprint density at radius 2 is 1.74 bits per heavy atom. The molecule has 0 saturated heterocycles. The largest absolute Gasteiger partial charge is 0.476 e. The van der Waals surface area contributed by atoms with Crippen molar-refractivity contribution in [1.82, 2.24) is 15.4 Å². The van der Waals surface area contributed by atoms with E-state index in [9.17, 15) is 4.79 Å². The van der Waals surface area contributed by atoms with E-state index in [4.69, 9.17) is 5.11 Å². The molecular weight excluding hydrogens is 244 g/mol. The summed E-state index contributed by atoms with van der Waals surface area (Å²) in [7, 11) is 0. The number of aromatic nitrogens is 3. The number of nitrogens with one attached hydrogen (secondary N) is 2. The molecule has 3 N–H and O–H groups in total. The van der Waals surface area contributed by atoms with Gasteiger partial charge in [0.2, 0.25) is 5.69 Å². The van der Waals surface area contributed by atoms with Crippen molar-refractivity contribution in [2.45, 2.75) is 38.1 Å². The third-order valence-corrected chi connectivity index (χ3v) is 5.28. The third kappa shape index (κ3) is 1.73. The molecule has 0 aliphatic heterocycles. The Balaban J connectivity index is 1.57. The molecule has 0 atom stereocenters. The van der Waals surface area contributed by atoms with E-state index in [1.807, 2.05) is 0 Å². The number of carboxylic acids is 1. The molecule has 1 heterocycles. The van der Waals surface area contributed by atoms with Gasteiger partial charge in [0, 0.05) is 6.04 Å². The van der Waals surface area contributed by atoms with E-state index in [-0.39, 0.29) is 5.69 Å². The van der Waals surface area contributed by atoms with Gasteiger partial charge in [-0.25, -0.2) is 4.79 Å². The highest BCUT2D eigenvalue weighted by atomic mass is 16.4. The van der Waals surface area contributed by atoms with Crippen molar-refractivity contribution in [3.63, 3.8) is 0 Å². The number of H-pyrrole nitrogens is 1. The Morgan fingerprint density at radius 3 is 2.32 bits per heavy atom. The number of hydrogen-bond donors (Lipinski definition) is 3. The summed E-state index contributed by atoms with van der Waals surface area (Å²) in [6.45, 7) is 0. The van der Waals surface area contributed by atoms with Gasteiger partial charge in [-0.2, -0.15) is 5.21 Å². The zero-order valence-corrected chi connectivity index (χ0v) is 10.7. The van der Waals surface area contributed by atoms with Crippen LogP contribution in [-0.4, -0.2) is 32.5 Å². The molecule has 0 amide bonds. The molecule has 1 aromatic rings. The van der Waals surface area contributed by atoms with E-state index < -0.39 is 5.97 Å². The van der Waals surface area contributed by atoms with Crippen molar-refractivity contribution in [3.8, 4) is 0 Å². The van der Waals surface area contributed by atoms with Crippen LogP contribution in [-0.2, 0) is 0 Å². The van der Waals surface area contributed by atoms with Crippen LogP contribution in [0.1, 0.15) is 42.6 Å². The lowest BCUT2D eigenvalue weighted by atomic mass is 9.54. The highest BCUT2D eigenvalue weighted by Crippen LogP contribution is 2.54. The summed E-state index contributed by atoms with van der Waals surface area (Å²) in [5, 5.41) is 22.5. The number of rotatable bonds is 3. The molecule has 4 saturated carbocycles. The molecular formula is C13H18N4O2. The number of carbonyl (C=O) groups is 1. The summed E-state index contributed by atoms with van der Waals surface area (Å²) in [5.74, 6) is 2.59. The lowest BCUT2D eigenvalue weighted by Gasteiger charge is -2.54. The number of hydrogen-bond acceptors (Lipinski definition) is 4. The summed E-state index contributed by atoms with van der Waals surface area (Å²) < 4.78 is 0. The van der Waals surface area contributed by atoms with Crippen LogP contribution in [0.4, 0.5) is 5.82 Å². The van der Waals surface area contributed by atoms with Crippen LogP contribution in [0, 0.1) is 23.7 Å². The van der Waals surface area contributed by atoms with Crippen LogP contribution < -0.4 is 5.32 Å². The van der Waals surface area contributed by atoms with Gasteiger partial charge >= 0.3 is 5.97 Å². The molecule has 4 aliphatic carbocycles. The first kappa shape index (κ1) is 11.3. The van der Waals surface area contributed by atoms with Crippen molar-refractivity contribution in [2.24, 2.45) is 23.7 Å². The molecule has 102 valence electrons. The van der Waals surface area contributed by atoms with Gasteiger partial charge in [0.25, 0.3) is 0 Å². The molecule has 1 aromatic heterocycles. The monoisotopic (exact) mass is 262 g/mol. The lowest BCUT2D eigenvalue weighted by molar-refractivity contribution is 0.00736. The van der Waals surface area contributed by atoms with Crippen molar-refractivity contribution in [3.05, 3.63) is 5.69 Å². The molecule has 5 rings (SSSR count). The van der Waals surface area contributed by atoms with E-state index in [0.29, 0.717) is 23.7 Å². The van der Waals surface area contributed by atoms with Crippen LogP contribution in [0.15, 0.2) is 0 Å². The van der Waals surface area contributed by atoms with E-state index >= 15 is 0 Å². The number of nitrogens with zero attached hydrogens (tertiary/aromatic N) is 2. The SMILES string of the molecule is O=C(O)c1n[nH]nc1NC1C2CC3CC(C2)CC1C3. The predicted octanol–water partition coefficient (Wildman–Crippen LogP) is 1.74. The van der Waals surface area contributed by atoms with Gasteiger partial charge in [-0.15, -0.1) is 10.2 Å². The second-order valence-corrected chi connectivity index (χ2v) is 6.43. The quantitative estimate of drug-likeness (QED) is 0.771. The van der Waals surface area contributed by atoms with Gasteiger partial charge < -0.3 is 10.4 Å². The summed E-state index contributed by atoms with van der Waals surface area (Å²) in [5.41, 5.74) is 0.00815. The average molecular weight is 262 g/mol. The first-order valence-corrected chi connectivity index (χ1v) is 7.11. The minimum atomic E-state index is -1.03. The molecule has 4 bridgehead atoms. The van der Waals surface area contributed by atoms with Crippen molar-refractivity contribution < 1.29 is 9.90 Å². The van der Waals surface area contributed by atoms with Crippen LogP contribution >= 0.6 is 0 Å². The third-order valence-electron chi connectivity index (χ3n) is 5.28. The first-order valence-electron chi connectivity index (χ1n) is 7.11. The maximum atomic E-state index is 11.1. The van der Waals surface area contributed by atoms with E-state index in [1.165, 1.54) is 32.1 Å². The molecule has 4 aliphatic rings. The van der Waals surface area contributed by atoms with Gasteiger partial charge in [0.15, 0.2) is 5.82 Å². The Kier molecular flexibility index (Phi) is 2.34. The van der Waals surface area contributed by atoms with Gasteiger partial charge in [0.05, 0.1) is 0 Å². The van der Waals surface area contributed by atoms with Gasteiger partial charge in [-0.1, -0.05) is 0 Å². The summed E-state index contributed by atoms with van der Waals surface area (Å²) >= 11 is 0.